The predicted octanol–water partition coefficient (Wildman–Crippen LogP) is 2.84. The van der Waals surface area contributed by atoms with Crippen molar-refractivity contribution in [2.75, 3.05) is 6.54 Å². The highest BCUT2D eigenvalue weighted by atomic mass is 35.5. The fourth-order valence-electron chi connectivity index (χ4n) is 2.83. The van der Waals surface area contributed by atoms with E-state index in [9.17, 15) is 14.4 Å². The van der Waals surface area contributed by atoms with Crippen molar-refractivity contribution < 1.29 is 4.79 Å². The van der Waals surface area contributed by atoms with E-state index < -0.39 is 11.2 Å². The molecule has 6 nitrogen and oxygen atoms in total. The topological polar surface area (TPSA) is 75.2 Å². The molecule has 3 aromatic rings. The number of nitrogens with zero attached hydrogens (tertiary/aromatic N) is 2. The molecule has 2 heterocycles. The number of amides is 1. The average Bonchev–Trinajstić information content (AvgIpc) is 3.04. The summed E-state index contributed by atoms with van der Waals surface area (Å²) in [5.41, 5.74) is -0.394. The standard InChI is InChI=1S/C18H18ClN3O3S/c1-2-21(11-12-7-8-15(19)26-12)16(23)9-10-22-14-6-4-3-5-13(14)17(24)20-18(22)25/h3-8H,2,9-11H2,1H3,(H,20,24,25). The predicted molar refractivity (Wildman–Crippen MR) is 104 cm³/mol. The minimum atomic E-state index is -0.505. The Labute approximate surface area is 158 Å². The molecule has 1 amide bonds. The van der Waals surface area contributed by atoms with Crippen LogP contribution in [0, 0.1) is 0 Å². The number of H-pyrrole nitrogens is 1. The number of halogens is 1. The number of fused-ring (bicyclic) bond motifs is 1. The van der Waals surface area contributed by atoms with Gasteiger partial charge >= 0.3 is 5.69 Å². The molecule has 136 valence electrons. The van der Waals surface area contributed by atoms with Gasteiger partial charge in [0.2, 0.25) is 5.91 Å². The van der Waals surface area contributed by atoms with Crippen LogP contribution in [0.1, 0.15) is 18.2 Å². The summed E-state index contributed by atoms with van der Waals surface area (Å²) in [6, 6.07) is 10.6. The molecule has 0 atom stereocenters. The summed E-state index contributed by atoms with van der Waals surface area (Å²) in [5, 5.41) is 0.431. The van der Waals surface area contributed by atoms with E-state index >= 15 is 0 Å². The Morgan fingerprint density at radius 2 is 2.00 bits per heavy atom. The zero-order chi connectivity index (χ0) is 18.7. The van der Waals surface area contributed by atoms with Crippen LogP contribution in [0.2, 0.25) is 4.34 Å². The van der Waals surface area contributed by atoms with Crippen molar-refractivity contribution in [3.05, 3.63) is 66.4 Å². The summed E-state index contributed by atoms with van der Waals surface area (Å²) in [6.07, 6.45) is 0.170. The maximum atomic E-state index is 12.6. The number of rotatable bonds is 6. The summed E-state index contributed by atoms with van der Waals surface area (Å²) in [4.78, 5) is 41.7. The summed E-state index contributed by atoms with van der Waals surface area (Å²) in [6.45, 7) is 3.18. The molecule has 8 heteroatoms. The summed E-state index contributed by atoms with van der Waals surface area (Å²) in [7, 11) is 0. The van der Waals surface area contributed by atoms with Gasteiger partial charge in [-0.1, -0.05) is 23.7 Å². The van der Waals surface area contributed by atoms with Gasteiger partial charge in [0, 0.05) is 24.4 Å². The quantitative estimate of drug-likeness (QED) is 0.702. The fourth-order valence-corrected chi connectivity index (χ4v) is 3.93. The highest BCUT2D eigenvalue weighted by Gasteiger charge is 2.15. The monoisotopic (exact) mass is 391 g/mol. The number of nitrogens with one attached hydrogen (secondary N) is 1. The second kappa shape index (κ2) is 7.88. The molecule has 0 aliphatic carbocycles. The van der Waals surface area contributed by atoms with Gasteiger partial charge in [-0.15, -0.1) is 11.3 Å². The molecule has 0 aliphatic heterocycles. The number of para-hydroxylation sites is 1. The van der Waals surface area contributed by atoms with E-state index in [1.165, 1.54) is 15.9 Å². The largest absolute Gasteiger partial charge is 0.338 e. The van der Waals surface area contributed by atoms with Crippen molar-refractivity contribution in [1.29, 1.82) is 0 Å². The zero-order valence-electron chi connectivity index (χ0n) is 14.2. The first-order chi connectivity index (χ1) is 12.5. The average molecular weight is 392 g/mol. The fraction of sp³-hybridized carbons (Fsp3) is 0.278. The number of hydrogen-bond donors (Lipinski definition) is 1. The smallest absolute Gasteiger partial charge is 0.328 e. The number of benzene rings is 1. The molecule has 26 heavy (non-hydrogen) atoms. The number of carbonyl (C=O) groups is 1. The first kappa shape index (κ1) is 18.4. The molecule has 0 saturated heterocycles. The molecule has 0 fully saturated rings. The molecular weight excluding hydrogens is 374 g/mol. The lowest BCUT2D eigenvalue weighted by atomic mass is 10.2. The van der Waals surface area contributed by atoms with Gasteiger partial charge in [0.1, 0.15) is 0 Å². The molecule has 1 aromatic carbocycles. The van der Waals surface area contributed by atoms with Crippen LogP contribution >= 0.6 is 22.9 Å². The first-order valence-corrected chi connectivity index (χ1v) is 9.43. The Balaban J connectivity index is 1.78. The highest BCUT2D eigenvalue weighted by Crippen LogP contribution is 2.23. The van der Waals surface area contributed by atoms with Gasteiger partial charge in [-0.05, 0) is 31.2 Å². The Morgan fingerprint density at radius 3 is 2.69 bits per heavy atom. The van der Waals surface area contributed by atoms with Gasteiger partial charge in [-0.25, -0.2) is 4.79 Å². The molecule has 0 unspecified atom stereocenters. The molecule has 0 radical (unpaired) electrons. The van der Waals surface area contributed by atoms with E-state index in [1.807, 2.05) is 19.1 Å². The normalized spacial score (nSPS) is 11.0. The molecule has 0 saturated carbocycles. The van der Waals surface area contributed by atoms with Crippen molar-refractivity contribution in [2.45, 2.75) is 26.4 Å². The van der Waals surface area contributed by atoms with E-state index in [1.54, 1.807) is 29.2 Å². The first-order valence-electron chi connectivity index (χ1n) is 8.23. The lowest BCUT2D eigenvalue weighted by Gasteiger charge is -2.20. The second-order valence-corrected chi connectivity index (χ2v) is 7.59. The molecule has 0 spiro atoms. The van der Waals surface area contributed by atoms with Crippen LogP contribution in [0.5, 0.6) is 0 Å². The van der Waals surface area contributed by atoms with Crippen LogP contribution in [-0.4, -0.2) is 26.9 Å². The minimum Gasteiger partial charge on any atom is -0.338 e. The van der Waals surface area contributed by atoms with Crippen LogP contribution in [-0.2, 0) is 17.9 Å². The number of hydrogen-bond acceptors (Lipinski definition) is 4. The highest BCUT2D eigenvalue weighted by molar-refractivity contribution is 7.16. The van der Waals surface area contributed by atoms with Gasteiger partial charge in [0.05, 0.1) is 21.8 Å². The lowest BCUT2D eigenvalue weighted by molar-refractivity contribution is -0.131. The zero-order valence-corrected chi connectivity index (χ0v) is 15.8. The van der Waals surface area contributed by atoms with Crippen LogP contribution in [0.25, 0.3) is 10.9 Å². The van der Waals surface area contributed by atoms with Crippen molar-refractivity contribution in [2.24, 2.45) is 0 Å². The molecule has 1 N–H and O–H groups in total. The van der Waals surface area contributed by atoms with Crippen LogP contribution in [0.4, 0.5) is 0 Å². The Bertz CT molecular complexity index is 1050. The molecular formula is C18H18ClN3O3S. The number of aryl methyl sites for hydroxylation is 1. The van der Waals surface area contributed by atoms with E-state index in [0.29, 0.717) is 28.3 Å². The minimum absolute atomic E-state index is 0.0563. The van der Waals surface area contributed by atoms with Gasteiger partial charge in [-0.2, -0.15) is 0 Å². The maximum absolute atomic E-state index is 12.6. The van der Waals surface area contributed by atoms with Crippen molar-refractivity contribution in [1.82, 2.24) is 14.5 Å². The summed E-state index contributed by atoms with van der Waals surface area (Å²) >= 11 is 7.39. The Hall–Kier alpha value is -2.38. The number of carbonyl (C=O) groups excluding carboxylic acids is 1. The molecule has 0 bridgehead atoms. The number of aromatic amines is 1. The van der Waals surface area contributed by atoms with E-state index in [2.05, 4.69) is 4.98 Å². The molecule has 3 rings (SSSR count). The third kappa shape index (κ3) is 3.89. The van der Waals surface area contributed by atoms with E-state index in [4.69, 9.17) is 11.6 Å². The third-order valence-corrected chi connectivity index (χ3v) is 5.38. The summed E-state index contributed by atoms with van der Waals surface area (Å²) < 4.78 is 2.12. The van der Waals surface area contributed by atoms with Crippen LogP contribution < -0.4 is 11.2 Å². The number of aromatic nitrogens is 2. The number of thiophene rings is 1. The van der Waals surface area contributed by atoms with Crippen molar-refractivity contribution in [3.8, 4) is 0 Å². The van der Waals surface area contributed by atoms with E-state index in [-0.39, 0.29) is 18.9 Å². The summed E-state index contributed by atoms with van der Waals surface area (Å²) in [5.74, 6) is -0.0563. The molecule has 2 aromatic heterocycles. The lowest BCUT2D eigenvalue weighted by Crippen LogP contribution is -2.34. The van der Waals surface area contributed by atoms with Gasteiger partial charge in [-0.3, -0.25) is 19.1 Å². The van der Waals surface area contributed by atoms with Gasteiger partial charge in [0.15, 0.2) is 0 Å². The maximum Gasteiger partial charge on any atom is 0.328 e. The van der Waals surface area contributed by atoms with Gasteiger partial charge in [0.25, 0.3) is 5.56 Å². The third-order valence-electron chi connectivity index (χ3n) is 4.16. The molecule has 0 aliphatic rings. The Kier molecular flexibility index (Phi) is 5.58. The van der Waals surface area contributed by atoms with Crippen LogP contribution in [0.15, 0.2) is 46.0 Å². The van der Waals surface area contributed by atoms with Crippen molar-refractivity contribution >= 4 is 39.7 Å². The SMILES string of the molecule is CCN(Cc1ccc(Cl)s1)C(=O)CCn1c(=O)[nH]c(=O)c2ccccc21. The van der Waals surface area contributed by atoms with Gasteiger partial charge < -0.3 is 4.90 Å². The Morgan fingerprint density at radius 1 is 1.23 bits per heavy atom. The second-order valence-electron chi connectivity index (χ2n) is 5.79. The van der Waals surface area contributed by atoms with Crippen LogP contribution in [0.3, 0.4) is 0 Å². The van der Waals surface area contributed by atoms with E-state index in [0.717, 1.165) is 4.88 Å². The van der Waals surface area contributed by atoms with Crippen molar-refractivity contribution in [3.63, 3.8) is 0 Å².